The first-order valence-electron chi connectivity index (χ1n) is 7.15. The third-order valence-corrected chi connectivity index (χ3v) is 3.75. The van der Waals surface area contributed by atoms with E-state index >= 15 is 0 Å². The second kappa shape index (κ2) is 5.71. The Hall–Kier alpha value is -1.11. The van der Waals surface area contributed by atoms with E-state index in [0.717, 1.165) is 43.3 Å². The first-order chi connectivity index (χ1) is 9.31. The lowest BCUT2D eigenvalue weighted by Crippen LogP contribution is -2.51. The minimum absolute atomic E-state index is 0.0267. The lowest BCUT2D eigenvalue weighted by molar-refractivity contribution is 0.0344. The molecule has 2 N–H and O–H groups in total. The van der Waals surface area contributed by atoms with Gasteiger partial charge in [-0.15, -0.1) is 0 Å². The SMILES string of the molecule is Cc1nn(C)c(N2CCN(CC(C)(C)O)CC2)c1CO. The normalized spacial score (nSPS) is 17.8. The van der Waals surface area contributed by atoms with Crippen molar-refractivity contribution in [2.75, 3.05) is 37.6 Å². The number of nitrogens with zero attached hydrogens (tertiary/aromatic N) is 4. The quantitative estimate of drug-likeness (QED) is 0.821. The van der Waals surface area contributed by atoms with Crippen molar-refractivity contribution >= 4 is 5.82 Å². The highest BCUT2D eigenvalue weighted by atomic mass is 16.3. The van der Waals surface area contributed by atoms with Crippen LogP contribution in [0.2, 0.25) is 0 Å². The van der Waals surface area contributed by atoms with Crippen molar-refractivity contribution in [2.24, 2.45) is 7.05 Å². The van der Waals surface area contributed by atoms with Crippen LogP contribution >= 0.6 is 0 Å². The van der Waals surface area contributed by atoms with Crippen LogP contribution in [0.5, 0.6) is 0 Å². The molecule has 1 aromatic rings. The van der Waals surface area contributed by atoms with Crippen molar-refractivity contribution in [2.45, 2.75) is 33.0 Å². The Bertz CT molecular complexity index is 456. The summed E-state index contributed by atoms with van der Waals surface area (Å²) in [6.45, 7) is 9.94. The third kappa shape index (κ3) is 3.31. The first-order valence-corrected chi connectivity index (χ1v) is 7.15. The fraction of sp³-hybridized carbons (Fsp3) is 0.786. The van der Waals surface area contributed by atoms with Crippen LogP contribution in [0.15, 0.2) is 0 Å². The predicted octanol–water partition coefficient (Wildman–Crippen LogP) is 0.114. The Balaban J connectivity index is 2.04. The predicted molar refractivity (Wildman–Crippen MR) is 78.8 cm³/mol. The first kappa shape index (κ1) is 15.3. The van der Waals surface area contributed by atoms with Gasteiger partial charge in [0.2, 0.25) is 0 Å². The van der Waals surface area contributed by atoms with Crippen LogP contribution in [-0.4, -0.2) is 63.2 Å². The van der Waals surface area contributed by atoms with E-state index in [1.807, 2.05) is 32.5 Å². The van der Waals surface area contributed by atoms with Gasteiger partial charge in [-0.2, -0.15) is 5.10 Å². The van der Waals surface area contributed by atoms with Crippen molar-refractivity contribution in [3.8, 4) is 0 Å². The van der Waals surface area contributed by atoms with Crippen LogP contribution in [0.25, 0.3) is 0 Å². The maximum atomic E-state index is 9.88. The van der Waals surface area contributed by atoms with Gasteiger partial charge in [-0.05, 0) is 20.8 Å². The van der Waals surface area contributed by atoms with Crippen LogP contribution < -0.4 is 4.90 Å². The van der Waals surface area contributed by atoms with Gasteiger partial charge < -0.3 is 15.1 Å². The fourth-order valence-electron chi connectivity index (χ4n) is 2.94. The number of hydrogen-bond acceptors (Lipinski definition) is 5. The van der Waals surface area contributed by atoms with Crippen LogP contribution in [0, 0.1) is 6.92 Å². The minimum Gasteiger partial charge on any atom is -0.391 e. The summed E-state index contributed by atoms with van der Waals surface area (Å²) in [7, 11) is 1.92. The highest BCUT2D eigenvalue weighted by molar-refractivity contribution is 5.50. The zero-order chi connectivity index (χ0) is 14.9. The van der Waals surface area contributed by atoms with Crippen molar-refractivity contribution in [3.63, 3.8) is 0 Å². The molecule has 0 bridgehead atoms. The van der Waals surface area contributed by atoms with Crippen LogP contribution in [-0.2, 0) is 13.7 Å². The van der Waals surface area contributed by atoms with Crippen molar-refractivity contribution in [1.29, 1.82) is 0 Å². The molecule has 1 aliphatic heterocycles. The molecule has 0 aromatic carbocycles. The zero-order valence-corrected chi connectivity index (χ0v) is 12.9. The van der Waals surface area contributed by atoms with Gasteiger partial charge in [0.25, 0.3) is 0 Å². The van der Waals surface area contributed by atoms with Gasteiger partial charge in [0.05, 0.1) is 17.9 Å². The molecule has 114 valence electrons. The second-order valence-corrected chi connectivity index (χ2v) is 6.24. The molecule has 6 nitrogen and oxygen atoms in total. The summed E-state index contributed by atoms with van der Waals surface area (Å²) in [6, 6.07) is 0. The molecule has 0 radical (unpaired) electrons. The molecular weight excluding hydrogens is 256 g/mol. The Kier molecular flexibility index (Phi) is 4.36. The number of hydrogen-bond donors (Lipinski definition) is 2. The molecule has 0 spiro atoms. The van der Waals surface area contributed by atoms with E-state index in [1.165, 1.54) is 0 Å². The standard InChI is InChI=1S/C14H26N4O2/c1-11-12(9-19)13(16(4)15-11)18-7-5-17(6-8-18)10-14(2,3)20/h19-20H,5-10H2,1-4H3. The molecule has 1 fully saturated rings. The molecule has 0 unspecified atom stereocenters. The van der Waals surface area contributed by atoms with Gasteiger partial charge in [-0.3, -0.25) is 9.58 Å². The molecule has 2 heterocycles. The van der Waals surface area contributed by atoms with Crippen LogP contribution in [0.4, 0.5) is 5.82 Å². The third-order valence-electron chi connectivity index (χ3n) is 3.75. The van der Waals surface area contributed by atoms with Crippen LogP contribution in [0.1, 0.15) is 25.1 Å². The highest BCUT2D eigenvalue weighted by Gasteiger charge is 2.26. The average Bonchev–Trinajstić information content (AvgIpc) is 2.62. The molecule has 2 rings (SSSR count). The summed E-state index contributed by atoms with van der Waals surface area (Å²) in [5.41, 5.74) is 1.16. The van der Waals surface area contributed by atoms with E-state index in [-0.39, 0.29) is 6.61 Å². The van der Waals surface area contributed by atoms with Gasteiger partial charge in [0.15, 0.2) is 0 Å². The van der Waals surface area contributed by atoms with Gasteiger partial charge in [-0.1, -0.05) is 0 Å². The zero-order valence-electron chi connectivity index (χ0n) is 12.9. The molecule has 1 aromatic heterocycles. The molecular formula is C14H26N4O2. The maximum Gasteiger partial charge on any atom is 0.132 e. The number of aromatic nitrogens is 2. The number of aryl methyl sites for hydroxylation is 2. The van der Waals surface area contributed by atoms with E-state index in [0.29, 0.717) is 6.54 Å². The second-order valence-electron chi connectivity index (χ2n) is 6.24. The molecule has 0 saturated carbocycles. The summed E-state index contributed by atoms with van der Waals surface area (Å²) in [5, 5.41) is 23.8. The molecule has 0 atom stereocenters. The molecule has 20 heavy (non-hydrogen) atoms. The number of aliphatic hydroxyl groups excluding tert-OH is 1. The van der Waals surface area contributed by atoms with E-state index in [4.69, 9.17) is 0 Å². The monoisotopic (exact) mass is 282 g/mol. The van der Waals surface area contributed by atoms with Crippen molar-refractivity contribution in [1.82, 2.24) is 14.7 Å². The highest BCUT2D eigenvalue weighted by Crippen LogP contribution is 2.24. The molecule has 0 amide bonds. The Labute approximate surface area is 120 Å². The number of rotatable bonds is 4. The van der Waals surface area contributed by atoms with Crippen molar-refractivity contribution < 1.29 is 10.2 Å². The lowest BCUT2D eigenvalue weighted by Gasteiger charge is -2.38. The van der Waals surface area contributed by atoms with E-state index < -0.39 is 5.60 Å². The smallest absolute Gasteiger partial charge is 0.132 e. The molecule has 1 aliphatic rings. The van der Waals surface area contributed by atoms with Gasteiger partial charge >= 0.3 is 0 Å². The fourth-order valence-corrected chi connectivity index (χ4v) is 2.94. The topological polar surface area (TPSA) is 64.8 Å². The summed E-state index contributed by atoms with van der Waals surface area (Å²) in [6.07, 6.45) is 0. The Morgan fingerprint density at radius 1 is 1.20 bits per heavy atom. The van der Waals surface area contributed by atoms with E-state index in [1.54, 1.807) is 0 Å². The molecule has 0 aliphatic carbocycles. The van der Waals surface area contributed by atoms with E-state index in [2.05, 4.69) is 14.9 Å². The van der Waals surface area contributed by atoms with Gasteiger partial charge in [0.1, 0.15) is 5.82 Å². The van der Waals surface area contributed by atoms with Crippen molar-refractivity contribution in [3.05, 3.63) is 11.3 Å². The Morgan fingerprint density at radius 3 is 2.30 bits per heavy atom. The molecule has 6 heteroatoms. The Morgan fingerprint density at radius 2 is 1.80 bits per heavy atom. The number of piperazine rings is 1. The summed E-state index contributed by atoms with van der Waals surface area (Å²) in [5.74, 6) is 1.02. The minimum atomic E-state index is -0.651. The summed E-state index contributed by atoms with van der Waals surface area (Å²) in [4.78, 5) is 4.55. The largest absolute Gasteiger partial charge is 0.391 e. The number of aliphatic hydroxyl groups is 2. The number of β-amino-alcohol motifs (C(OH)–C–C–N with tert-alkyl or cyclic N) is 1. The molecule has 1 saturated heterocycles. The van der Waals surface area contributed by atoms with Crippen LogP contribution in [0.3, 0.4) is 0 Å². The summed E-state index contributed by atoms with van der Waals surface area (Å²) < 4.78 is 1.85. The van der Waals surface area contributed by atoms with Gasteiger partial charge in [-0.25, -0.2) is 0 Å². The van der Waals surface area contributed by atoms with Gasteiger partial charge in [0, 0.05) is 45.3 Å². The average molecular weight is 282 g/mol. The number of anilines is 1. The maximum absolute atomic E-state index is 9.88. The summed E-state index contributed by atoms with van der Waals surface area (Å²) >= 11 is 0. The lowest BCUT2D eigenvalue weighted by atomic mass is 10.1. The van der Waals surface area contributed by atoms with E-state index in [9.17, 15) is 10.2 Å².